The van der Waals surface area contributed by atoms with Crippen LogP contribution in [0.2, 0.25) is 0 Å². The monoisotopic (exact) mass is 262 g/mol. The summed E-state index contributed by atoms with van der Waals surface area (Å²) in [6.45, 7) is 3.12. The van der Waals surface area contributed by atoms with Crippen LogP contribution in [0.5, 0.6) is 11.5 Å². The number of nitrogens with two attached hydrogens (primary N) is 1. The molecule has 1 rings (SSSR count). The average molecular weight is 262 g/mol. The molecule has 0 aromatic heterocycles. The van der Waals surface area contributed by atoms with Crippen LogP contribution in [0.4, 0.5) is 0 Å². The van der Waals surface area contributed by atoms with Crippen molar-refractivity contribution < 1.29 is 9.47 Å². The van der Waals surface area contributed by atoms with Gasteiger partial charge in [0, 0.05) is 31.1 Å². The smallest absolute Gasteiger partial charge is 0.165 e. The van der Waals surface area contributed by atoms with Crippen LogP contribution >= 0.6 is 0 Å². The number of hydrogen-bond donors (Lipinski definition) is 2. The summed E-state index contributed by atoms with van der Waals surface area (Å²) in [5, 5.41) is 3.38. The quantitative estimate of drug-likeness (QED) is 0.580. The molecule has 1 aromatic rings. The Morgan fingerprint density at radius 1 is 1.32 bits per heavy atom. The Morgan fingerprint density at radius 2 is 2.11 bits per heavy atom. The van der Waals surface area contributed by atoms with Crippen molar-refractivity contribution in [1.82, 2.24) is 5.32 Å². The van der Waals surface area contributed by atoms with Crippen molar-refractivity contribution in [3.63, 3.8) is 0 Å². The van der Waals surface area contributed by atoms with E-state index in [0.717, 1.165) is 24.3 Å². The molecule has 0 aliphatic carbocycles. The molecule has 0 aliphatic heterocycles. The summed E-state index contributed by atoms with van der Waals surface area (Å²) < 4.78 is 10.7. The first kappa shape index (κ1) is 15.4. The molecule has 0 fully saturated rings. The van der Waals surface area contributed by atoms with E-state index in [1.54, 1.807) is 14.2 Å². The Kier molecular flexibility index (Phi) is 6.80. The summed E-state index contributed by atoms with van der Waals surface area (Å²) in [6.07, 6.45) is 0.805. The molecule has 0 saturated carbocycles. The van der Waals surface area contributed by atoms with Crippen molar-refractivity contribution in [1.29, 1.82) is 0 Å². The molecule has 0 spiro atoms. The van der Waals surface area contributed by atoms with Gasteiger partial charge in [-0.3, -0.25) is 0 Å². The van der Waals surface area contributed by atoms with Crippen LogP contribution in [-0.4, -0.2) is 27.3 Å². The number of para-hydroxylation sites is 1. The Bertz CT molecular complexity index is 449. The summed E-state index contributed by atoms with van der Waals surface area (Å²) in [6, 6.07) is 5.84. The number of methoxy groups -OCH3 is 2. The van der Waals surface area contributed by atoms with Gasteiger partial charge in [0.15, 0.2) is 11.5 Å². The van der Waals surface area contributed by atoms with Crippen LogP contribution in [0.3, 0.4) is 0 Å². The predicted molar refractivity (Wildman–Crippen MR) is 77.4 cm³/mol. The van der Waals surface area contributed by atoms with Gasteiger partial charge in [0.1, 0.15) is 0 Å². The molecule has 19 heavy (non-hydrogen) atoms. The third kappa shape index (κ3) is 4.16. The van der Waals surface area contributed by atoms with Gasteiger partial charge in [-0.15, -0.1) is 11.8 Å². The number of rotatable bonds is 7. The summed E-state index contributed by atoms with van der Waals surface area (Å²) in [4.78, 5) is 0. The zero-order chi connectivity index (χ0) is 14.1. The predicted octanol–water partition coefficient (Wildman–Crippen LogP) is 1.71. The third-order valence-electron chi connectivity index (χ3n) is 2.86. The molecular formula is C15H22N2O2. The summed E-state index contributed by atoms with van der Waals surface area (Å²) in [5.41, 5.74) is 6.85. The molecule has 0 heterocycles. The van der Waals surface area contributed by atoms with Crippen molar-refractivity contribution in [3.05, 3.63) is 23.8 Å². The van der Waals surface area contributed by atoms with Gasteiger partial charge in [0.25, 0.3) is 0 Å². The van der Waals surface area contributed by atoms with Crippen LogP contribution < -0.4 is 20.5 Å². The van der Waals surface area contributed by atoms with Crippen LogP contribution in [-0.2, 0) is 0 Å². The first-order chi connectivity index (χ1) is 9.28. The molecule has 0 radical (unpaired) electrons. The van der Waals surface area contributed by atoms with E-state index in [-0.39, 0.29) is 6.04 Å². The maximum atomic E-state index is 5.84. The fourth-order valence-corrected chi connectivity index (χ4v) is 1.94. The molecule has 4 heteroatoms. The van der Waals surface area contributed by atoms with E-state index in [1.807, 2.05) is 25.1 Å². The highest BCUT2D eigenvalue weighted by atomic mass is 16.5. The van der Waals surface area contributed by atoms with Gasteiger partial charge in [0.2, 0.25) is 0 Å². The first-order valence-electron chi connectivity index (χ1n) is 6.32. The minimum absolute atomic E-state index is 0.0312. The maximum Gasteiger partial charge on any atom is 0.165 e. The minimum atomic E-state index is 0.0312. The van der Waals surface area contributed by atoms with E-state index >= 15 is 0 Å². The topological polar surface area (TPSA) is 56.5 Å². The molecule has 1 aromatic carbocycles. The number of ether oxygens (including phenoxy) is 2. The first-order valence-corrected chi connectivity index (χ1v) is 6.32. The molecule has 3 N–H and O–H groups in total. The molecule has 104 valence electrons. The Morgan fingerprint density at radius 3 is 2.68 bits per heavy atom. The second-order valence-corrected chi connectivity index (χ2v) is 4.00. The van der Waals surface area contributed by atoms with Gasteiger partial charge in [-0.25, -0.2) is 0 Å². The van der Waals surface area contributed by atoms with Crippen LogP contribution in [0, 0.1) is 11.8 Å². The lowest BCUT2D eigenvalue weighted by Crippen LogP contribution is -2.29. The van der Waals surface area contributed by atoms with Crippen LogP contribution in [0.1, 0.15) is 24.9 Å². The highest BCUT2D eigenvalue weighted by molar-refractivity contribution is 5.48. The van der Waals surface area contributed by atoms with E-state index < -0.39 is 0 Å². The van der Waals surface area contributed by atoms with Gasteiger partial charge in [-0.2, -0.15) is 0 Å². The van der Waals surface area contributed by atoms with E-state index in [0.29, 0.717) is 12.3 Å². The standard InChI is InChI=1S/C15H22N2O2/c1-4-5-6-10-17-13(11-16)12-8-7-9-14(18-2)15(12)19-3/h7-9,13,17H,6,10-11,16H2,1-3H3. The lowest BCUT2D eigenvalue weighted by molar-refractivity contribution is 0.347. The van der Waals surface area contributed by atoms with Crippen molar-refractivity contribution in [2.45, 2.75) is 19.4 Å². The second-order valence-electron chi connectivity index (χ2n) is 4.00. The van der Waals surface area contributed by atoms with Gasteiger partial charge in [0.05, 0.1) is 14.2 Å². The average Bonchev–Trinajstić information content (AvgIpc) is 2.46. The Balaban J connectivity index is 2.87. The lowest BCUT2D eigenvalue weighted by Gasteiger charge is -2.20. The van der Waals surface area contributed by atoms with Crippen molar-refractivity contribution >= 4 is 0 Å². The minimum Gasteiger partial charge on any atom is -0.493 e. The van der Waals surface area contributed by atoms with Gasteiger partial charge < -0.3 is 20.5 Å². The highest BCUT2D eigenvalue weighted by Gasteiger charge is 2.17. The van der Waals surface area contributed by atoms with Crippen LogP contribution in [0.15, 0.2) is 18.2 Å². The maximum absolute atomic E-state index is 5.84. The Labute approximate surface area is 115 Å². The van der Waals surface area contributed by atoms with E-state index in [9.17, 15) is 0 Å². The molecule has 0 amide bonds. The third-order valence-corrected chi connectivity index (χ3v) is 2.86. The number of benzene rings is 1. The van der Waals surface area contributed by atoms with Crippen molar-refractivity contribution in [2.75, 3.05) is 27.3 Å². The van der Waals surface area contributed by atoms with E-state index in [4.69, 9.17) is 15.2 Å². The van der Waals surface area contributed by atoms with Gasteiger partial charge in [-0.05, 0) is 13.0 Å². The summed E-state index contributed by atoms with van der Waals surface area (Å²) in [7, 11) is 3.26. The summed E-state index contributed by atoms with van der Waals surface area (Å²) >= 11 is 0. The molecule has 1 atom stereocenters. The van der Waals surface area contributed by atoms with E-state index in [2.05, 4.69) is 17.2 Å². The van der Waals surface area contributed by atoms with E-state index in [1.165, 1.54) is 0 Å². The lowest BCUT2D eigenvalue weighted by atomic mass is 10.0. The van der Waals surface area contributed by atoms with Crippen LogP contribution in [0.25, 0.3) is 0 Å². The van der Waals surface area contributed by atoms with Crippen molar-refractivity contribution in [3.8, 4) is 23.3 Å². The Hall–Kier alpha value is -1.70. The zero-order valence-corrected chi connectivity index (χ0v) is 11.8. The fraction of sp³-hybridized carbons (Fsp3) is 0.467. The number of nitrogens with one attached hydrogen (secondary N) is 1. The SMILES string of the molecule is CC#CCCNC(CN)c1cccc(OC)c1OC. The molecule has 1 unspecified atom stereocenters. The molecule has 0 aliphatic rings. The summed E-state index contributed by atoms with van der Waals surface area (Å²) in [5.74, 6) is 7.34. The largest absolute Gasteiger partial charge is 0.493 e. The molecule has 0 bridgehead atoms. The zero-order valence-electron chi connectivity index (χ0n) is 11.8. The van der Waals surface area contributed by atoms with Gasteiger partial charge in [-0.1, -0.05) is 12.1 Å². The van der Waals surface area contributed by atoms with Gasteiger partial charge >= 0.3 is 0 Å². The van der Waals surface area contributed by atoms with Crippen molar-refractivity contribution in [2.24, 2.45) is 5.73 Å². The molecular weight excluding hydrogens is 240 g/mol. The number of hydrogen-bond acceptors (Lipinski definition) is 4. The normalized spacial score (nSPS) is 11.4. The molecule has 4 nitrogen and oxygen atoms in total. The fourth-order valence-electron chi connectivity index (χ4n) is 1.94. The molecule has 0 saturated heterocycles. The second kappa shape index (κ2) is 8.41. The highest BCUT2D eigenvalue weighted by Crippen LogP contribution is 2.34.